The maximum Gasteiger partial charge on any atom is 0.122 e. The van der Waals surface area contributed by atoms with Gasteiger partial charge >= 0.3 is 0 Å². The number of hydrogen-bond donors (Lipinski definition) is 1. The molecule has 1 aliphatic carbocycles. The Labute approximate surface area is 104 Å². The zero-order valence-electron chi connectivity index (χ0n) is 11.3. The lowest BCUT2D eigenvalue weighted by Crippen LogP contribution is -2.32. The van der Waals surface area contributed by atoms with E-state index in [2.05, 4.69) is 44.3 Å². The second kappa shape index (κ2) is 4.69. The molecule has 0 saturated heterocycles. The normalized spacial score (nSPS) is 17.2. The predicted molar refractivity (Wildman–Crippen MR) is 71.8 cm³/mol. The summed E-state index contributed by atoms with van der Waals surface area (Å²) in [5.41, 5.74) is 3.00. The summed E-state index contributed by atoms with van der Waals surface area (Å²) in [7, 11) is 1.75. The summed E-state index contributed by atoms with van der Waals surface area (Å²) in [6.45, 7) is 7.57. The Balaban J connectivity index is 2.16. The summed E-state index contributed by atoms with van der Waals surface area (Å²) in [6.07, 6.45) is 2.58. The fourth-order valence-electron chi connectivity index (χ4n) is 2.27. The maximum absolute atomic E-state index is 5.41. The van der Waals surface area contributed by atoms with Crippen LogP contribution in [-0.4, -0.2) is 19.7 Å². The van der Waals surface area contributed by atoms with E-state index in [1.165, 1.54) is 24.0 Å². The molecule has 1 aromatic carbocycles. The molecule has 94 valence electrons. The molecule has 17 heavy (non-hydrogen) atoms. The SMILES string of the molecule is COc1cc(C2(CNC(C)C)CC2)ccc1C. The number of benzene rings is 1. The van der Waals surface area contributed by atoms with E-state index in [1.807, 2.05) is 0 Å². The average molecular weight is 233 g/mol. The van der Waals surface area contributed by atoms with Gasteiger partial charge in [-0.05, 0) is 37.0 Å². The minimum absolute atomic E-state index is 0.366. The fraction of sp³-hybridized carbons (Fsp3) is 0.600. The molecule has 0 aliphatic heterocycles. The Bertz CT molecular complexity index is 394. The second-order valence-corrected chi connectivity index (χ2v) is 5.50. The van der Waals surface area contributed by atoms with E-state index in [1.54, 1.807) is 7.11 Å². The largest absolute Gasteiger partial charge is 0.496 e. The minimum Gasteiger partial charge on any atom is -0.496 e. The summed E-state index contributed by atoms with van der Waals surface area (Å²) in [6, 6.07) is 7.20. The van der Waals surface area contributed by atoms with Gasteiger partial charge in [-0.25, -0.2) is 0 Å². The Morgan fingerprint density at radius 2 is 2.06 bits per heavy atom. The molecule has 2 heteroatoms. The van der Waals surface area contributed by atoms with Crippen molar-refractivity contribution in [1.82, 2.24) is 5.32 Å². The van der Waals surface area contributed by atoms with Crippen molar-refractivity contribution in [3.8, 4) is 5.75 Å². The molecule has 1 N–H and O–H groups in total. The first-order chi connectivity index (χ1) is 8.07. The van der Waals surface area contributed by atoms with Crippen molar-refractivity contribution in [2.24, 2.45) is 0 Å². The molecular formula is C15H23NO. The smallest absolute Gasteiger partial charge is 0.122 e. The van der Waals surface area contributed by atoms with Gasteiger partial charge < -0.3 is 10.1 Å². The van der Waals surface area contributed by atoms with Crippen LogP contribution >= 0.6 is 0 Å². The van der Waals surface area contributed by atoms with Gasteiger partial charge in [-0.2, -0.15) is 0 Å². The van der Waals surface area contributed by atoms with E-state index in [-0.39, 0.29) is 0 Å². The van der Waals surface area contributed by atoms with Gasteiger partial charge in [-0.1, -0.05) is 26.0 Å². The summed E-state index contributed by atoms with van der Waals surface area (Å²) in [4.78, 5) is 0. The lowest BCUT2D eigenvalue weighted by atomic mass is 9.94. The first-order valence-corrected chi connectivity index (χ1v) is 6.46. The molecule has 0 amide bonds. The standard InChI is InChI=1S/C15H23NO/c1-11(2)16-10-15(7-8-15)13-6-5-12(3)14(9-13)17-4/h5-6,9,11,16H,7-8,10H2,1-4H3. The van der Waals surface area contributed by atoms with Crippen molar-refractivity contribution in [3.63, 3.8) is 0 Å². The van der Waals surface area contributed by atoms with Crippen molar-refractivity contribution in [3.05, 3.63) is 29.3 Å². The van der Waals surface area contributed by atoms with Crippen LogP contribution in [0.25, 0.3) is 0 Å². The summed E-state index contributed by atoms with van der Waals surface area (Å²) in [5.74, 6) is 1.01. The third kappa shape index (κ3) is 2.63. The Morgan fingerprint density at radius 3 is 2.59 bits per heavy atom. The van der Waals surface area contributed by atoms with Crippen LogP contribution in [-0.2, 0) is 5.41 Å². The molecule has 0 unspecified atom stereocenters. The number of rotatable bonds is 5. The maximum atomic E-state index is 5.41. The van der Waals surface area contributed by atoms with Gasteiger partial charge in [0, 0.05) is 18.0 Å². The number of hydrogen-bond acceptors (Lipinski definition) is 2. The van der Waals surface area contributed by atoms with Gasteiger partial charge in [0.25, 0.3) is 0 Å². The first-order valence-electron chi connectivity index (χ1n) is 6.46. The monoisotopic (exact) mass is 233 g/mol. The highest BCUT2D eigenvalue weighted by atomic mass is 16.5. The molecule has 2 rings (SSSR count). The molecule has 0 heterocycles. The molecular weight excluding hydrogens is 210 g/mol. The molecule has 0 aromatic heterocycles. The third-order valence-electron chi connectivity index (χ3n) is 3.72. The van der Waals surface area contributed by atoms with Crippen LogP contribution in [0, 0.1) is 6.92 Å². The molecule has 1 fully saturated rings. The Hall–Kier alpha value is -1.02. The van der Waals surface area contributed by atoms with E-state index < -0.39 is 0 Å². The van der Waals surface area contributed by atoms with Crippen LogP contribution in [0.1, 0.15) is 37.8 Å². The molecule has 0 radical (unpaired) electrons. The highest BCUT2D eigenvalue weighted by Crippen LogP contribution is 2.48. The van der Waals surface area contributed by atoms with E-state index in [0.717, 1.165) is 12.3 Å². The fourth-order valence-corrected chi connectivity index (χ4v) is 2.27. The van der Waals surface area contributed by atoms with Crippen LogP contribution in [0.4, 0.5) is 0 Å². The lowest BCUT2D eigenvalue weighted by molar-refractivity contribution is 0.410. The van der Waals surface area contributed by atoms with Crippen LogP contribution < -0.4 is 10.1 Å². The molecule has 2 nitrogen and oxygen atoms in total. The number of methoxy groups -OCH3 is 1. The Kier molecular flexibility index (Phi) is 3.43. The van der Waals surface area contributed by atoms with Gasteiger partial charge in [0.2, 0.25) is 0 Å². The van der Waals surface area contributed by atoms with E-state index in [4.69, 9.17) is 4.74 Å². The van der Waals surface area contributed by atoms with E-state index in [9.17, 15) is 0 Å². The second-order valence-electron chi connectivity index (χ2n) is 5.50. The zero-order chi connectivity index (χ0) is 12.5. The van der Waals surface area contributed by atoms with Gasteiger partial charge in [0.05, 0.1) is 7.11 Å². The van der Waals surface area contributed by atoms with Crippen molar-refractivity contribution < 1.29 is 4.74 Å². The third-order valence-corrected chi connectivity index (χ3v) is 3.72. The molecule has 1 saturated carbocycles. The summed E-state index contributed by atoms with van der Waals surface area (Å²) >= 11 is 0. The predicted octanol–water partition coefficient (Wildman–Crippen LogP) is 3.03. The van der Waals surface area contributed by atoms with E-state index in [0.29, 0.717) is 11.5 Å². The van der Waals surface area contributed by atoms with Crippen molar-refractivity contribution in [1.29, 1.82) is 0 Å². The average Bonchev–Trinajstić information content (AvgIpc) is 3.08. The quantitative estimate of drug-likeness (QED) is 0.844. The number of nitrogens with one attached hydrogen (secondary N) is 1. The lowest BCUT2D eigenvalue weighted by Gasteiger charge is -2.19. The molecule has 0 spiro atoms. The van der Waals surface area contributed by atoms with Crippen LogP contribution in [0.15, 0.2) is 18.2 Å². The van der Waals surface area contributed by atoms with Crippen LogP contribution in [0.2, 0.25) is 0 Å². The summed E-state index contributed by atoms with van der Waals surface area (Å²) < 4.78 is 5.41. The van der Waals surface area contributed by atoms with Crippen LogP contribution in [0.5, 0.6) is 5.75 Å². The zero-order valence-corrected chi connectivity index (χ0v) is 11.3. The molecule has 1 aliphatic rings. The number of aryl methyl sites for hydroxylation is 1. The topological polar surface area (TPSA) is 21.3 Å². The molecule has 0 atom stereocenters. The van der Waals surface area contributed by atoms with Gasteiger partial charge in [-0.15, -0.1) is 0 Å². The number of ether oxygens (including phenoxy) is 1. The van der Waals surface area contributed by atoms with Gasteiger partial charge in [-0.3, -0.25) is 0 Å². The van der Waals surface area contributed by atoms with Gasteiger partial charge in [0.15, 0.2) is 0 Å². The minimum atomic E-state index is 0.366. The molecule has 0 bridgehead atoms. The van der Waals surface area contributed by atoms with Crippen molar-refractivity contribution in [2.75, 3.05) is 13.7 Å². The highest BCUT2D eigenvalue weighted by molar-refractivity contribution is 5.42. The van der Waals surface area contributed by atoms with Gasteiger partial charge in [0.1, 0.15) is 5.75 Å². The Morgan fingerprint density at radius 1 is 1.35 bits per heavy atom. The molecule has 1 aromatic rings. The van der Waals surface area contributed by atoms with Crippen LogP contribution in [0.3, 0.4) is 0 Å². The van der Waals surface area contributed by atoms with Crippen molar-refractivity contribution >= 4 is 0 Å². The summed E-state index contributed by atoms with van der Waals surface area (Å²) in [5, 5.41) is 3.56. The first kappa shape index (κ1) is 12.4. The van der Waals surface area contributed by atoms with Crippen molar-refractivity contribution in [2.45, 2.75) is 45.1 Å². The highest BCUT2D eigenvalue weighted by Gasteiger charge is 2.44. The van der Waals surface area contributed by atoms with E-state index >= 15 is 0 Å².